The highest BCUT2D eigenvalue weighted by Gasteiger charge is 2.31. The zero-order valence-electron chi connectivity index (χ0n) is 17.0. The van der Waals surface area contributed by atoms with Crippen LogP contribution in [0.3, 0.4) is 0 Å². The van der Waals surface area contributed by atoms with Gasteiger partial charge in [0.25, 0.3) is 0 Å². The molecule has 1 saturated heterocycles. The lowest BCUT2D eigenvalue weighted by Gasteiger charge is -2.39. The Morgan fingerprint density at radius 1 is 1.11 bits per heavy atom. The molecule has 2 amide bonds. The van der Waals surface area contributed by atoms with Gasteiger partial charge in [-0.1, -0.05) is 42.5 Å². The predicted molar refractivity (Wildman–Crippen MR) is 113 cm³/mol. The minimum atomic E-state index is -0.0392. The van der Waals surface area contributed by atoms with Crippen molar-refractivity contribution < 1.29 is 9.59 Å². The van der Waals surface area contributed by atoms with E-state index in [4.69, 9.17) is 0 Å². The van der Waals surface area contributed by atoms with E-state index in [1.165, 1.54) is 23.3 Å². The number of amides is 2. The summed E-state index contributed by atoms with van der Waals surface area (Å²) in [5.41, 5.74) is 1.28. The monoisotopic (exact) mass is 381 g/mol. The van der Waals surface area contributed by atoms with Gasteiger partial charge in [-0.2, -0.15) is 0 Å². The van der Waals surface area contributed by atoms with Gasteiger partial charge < -0.3 is 10.2 Å². The van der Waals surface area contributed by atoms with E-state index in [0.717, 1.165) is 45.3 Å². The lowest BCUT2D eigenvalue weighted by molar-refractivity contribution is -0.141. The van der Waals surface area contributed by atoms with Crippen molar-refractivity contribution in [2.45, 2.75) is 38.6 Å². The summed E-state index contributed by atoms with van der Waals surface area (Å²) in [5.74, 6) is 0.250. The fourth-order valence-corrected chi connectivity index (χ4v) is 3.90. The average molecular weight is 382 g/mol. The highest BCUT2D eigenvalue weighted by molar-refractivity contribution is 5.83. The molecule has 1 fully saturated rings. The maximum absolute atomic E-state index is 13.0. The second kappa shape index (κ2) is 9.69. The van der Waals surface area contributed by atoms with E-state index in [1.807, 2.05) is 11.9 Å². The highest BCUT2D eigenvalue weighted by Crippen LogP contribution is 2.18. The van der Waals surface area contributed by atoms with Gasteiger partial charge in [-0.3, -0.25) is 14.5 Å². The van der Waals surface area contributed by atoms with Crippen LogP contribution >= 0.6 is 0 Å². The lowest BCUT2D eigenvalue weighted by atomic mass is 10.0. The molecule has 0 unspecified atom stereocenters. The largest absolute Gasteiger partial charge is 0.356 e. The van der Waals surface area contributed by atoms with E-state index in [-0.39, 0.29) is 17.9 Å². The number of unbranched alkanes of at least 4 members (excludes halogenated alkanes) is 1. The van der Waals surface area contributed by atoms with E-state index in [9.17, 15) is 9.59 Å². The van der Waals surface area contributed by atoms with E-state index in [2.05, 4.69) is 52.7 Å². The number of carbonyl (C=O) groups excluding carboxylic acids is 2. The third-order valence-electron chi connectivity index (χ3n) is 5.61. The van der Waals surface area contributed by atoms with Crippen LogP contribution in [0, 0.1) is 0 Å². The number of nitrogens with zero attached hydrogens (tertiary/aromatic N) is 2. The number of benzene rings is 2. The molecule has 28 heavy (non-hydrogen) atoms. The van der Waals surface area contributed by atoms with Gasteiger partial charge in [-0.25, -0.2) is 0 Å². The molecule has 1 N–H and O–H groups in total. The third-order valence-corrected chi connectivity index (χ3v) is 5.61. The van der Waals surface area contributed by atoms with Gasteiger partial charge in [0, 0.05) is 33.1 Å². The molecule has 2 aromatic carbocycles. The standard InChI is InChI=1S/C23H31N3O2/c1-18(27)24-13-6-5-9-22-23(28)26(16-15-25(22)2)14-12-19-10-11-20-7-3-4-8-21(20)17-19/h3-4,7-8,10-11,17,22H,5-6,9,12-16H2,1-2H3,(H,24,27)/t22-/m0/s1. The minimum absolute atomic E-state index is 0.00530. The van der Waals surface area contributed by atoms with Crippen LogP contribution in [0.25, 0.3) is 10.8 Å². The van der Waals surface area contributed by atoms with Crippen LogP contribution in [-0.2, 0) is 16.0 Å². The molecule has 150 valence electrons. The molecule has 0 aliphatic carbocycles. The Morgan fingerprint density at radius 3 is 2.68 bits per heavy atom. The van der Waals surface area contributed by atoms with Gasteiger partial charge in [-0.15, -0.1) is 0 Å². The normalized spacial score (nSPS) is 17.9. The molecular weight excluding hydrogens is 350 g/mol. The minimum Gasteiger partial charge on any atom is -0.356 e. The van der Waals surface area contributed by atoms with Crippen LogP contribution in [0.2, 0.25) is 0 Å². The molecule has 1 atom stereocenters. The van der Waals surface area contributed by atoms with Crippen molar-refractivity contribution in [3.8, 4) is 0 Å². The summed E-state index contributed by atoms with van der Waals surface area (Å²) in [4.78, 5) is 28.1. The molecule has 2 aromatic rings. The molecule has 1 aliphatic rings. The number of piperazine rings is 1. The summed E-state index contributed by atoms with van der Waals surface area (Å²) in [6.45, 7) is 4.70. The molecule has 0 bridgehead atoms. The zero-order chi connectivity index (χ0) is 19.9. The van der Waals surface area contributed by atoms with Gasteiger partial charge in [-0.05, 0) is 49.1 Å². The Kier molecular flexibility index (Phi) is 7.04. The first-order valence-electron chi connectivity index (χ1n) is 10.3. The lowest BCUT2D eigenvalue weighted by Crippen LogP contribution is -2.55. The number of hydrogen-bond acceptors (Lipinski definition) is 3. The molecule has 0 aromatic heterocycles. The average Bonchev–Trinajstić information content (AvgIpc) is 2.69. The Hall–Kier alpha value is -2.40. The van der Waals surface area contributed by atoms with Crippen molar-refractivity contribution in [3.05, 3.63) is 48.0 Å². The highest BCUT2D eigenvalue weighted by atomic mass is 16.2. The summed E-state index contributed by atoms with van der Waals surface area (Å²) in [5, 5.41) is 5.32. The molecule has 3 rings (SSSR count). The molecule has 0 saturated carbocycles. The van der Waals surface area contributed by atoms with E-state index in [0.29, 0.717) is 6.54 Å². The predicted octanol–water partition coefficient (Wildman–Crippen LogP) is 2.83. The third kappa shape index (κ3) is 5.32. The quantitative estimate of drug-likeness (QED) is 0.716. The zero-order valence-corrected chi connectivity index (χ0v) is 17.0. The molecule has 5 heteroatoms. The fourth-order valence-electron chi connectivity index (χ4n) is 3.90. The number of fused-ring (bicyclic) bond motifs is 1. The van der Waals surface area contributed by atoms with E-state index < -0.39 is 0 Å². The molecule has 1 heterocycles. The van der Waals surface area contributed by atoms with Crippen molar-refractivity contribution in [1.82, 2.24) is 15.1 Å². The molecule has 1 aliphatic heterocycles. The number of hydrogen-bond donors (Lipinski definition) is 1. The second-order valence-electron chi connectivity index (χ2n) is 7.73. The van der Waals surface area contributed by atoms with Crippen LogP contribution in [0.5, 0.6) is 0 Å². The second-order valence-corrected chi connectivity index (χ2v) is 7.73. The van der Waals surface area contributed by atoms with Crippen molar-refractivity contribution in [2.24, 2.45) is 0 Å². The Labute approximate surface area is 167 Å². The van der Waals surface area contributed by atoms with Gasteiger partial charge in [0.2, 0.25) is 11.8 Å². The van der Waals surface area contributed by atoms with Crippen molar-refractivity contribution >= 4 is 22.6 Å². The van der Waals surface area contributed by atoms with Crippen LogP contribution in [-0.4, -0.2) is 60.9 Å². The Bertz CT molecular complexity index is 820. The fraction of sp³-hybridized carbons (Fsp3) is 0.478. The van der Waals surface area contributed by atoms with Gasteiger partial charge in [0.05, 0.1) is 6.04 Å². The maximum Gasteiger partial charge on any atom is 0.239 e. The Balaban J connectivity index is 1.51. The first-order valence-corrected chi connectivity index (χ1v) is 10.3. The molecule has 0 spiro atoms. The summed E-state index contributed by atoms with van der Waals surface area (Å²) >= 11 is 0. The first-order chi connectivity index (χ1) is 13.5. The Morgan fingerprint density at radius 2 is 1.89 bits per heavy atom. The van der Waals surface area contributed by atoms with Crippen LogP contribution in [0.4, 0.5) is 0 Å². The molecule has 5 nitrogen and oxygen atoms in total. The van der Waals surface area contributed by atoms with Gasteiger partial charge in [0.15, 0.2) is 0 Å². The first kappa shape index (κ1) is 20.3. The topological polar surface area (TPSA) is 52.7 Å². The molecule has 0 radical (unpaired) electrons. The SMILES string of the molecule is CC(=O)NCCCC[C@H]1C(=O)N(CCc2ccc3ccccc3c2)CCN1C. The van der Waals surface area contributed by atoms with Crippen LogP contribution < -0.4 is 5.32 Å². The number of carbonyl (C=O) groups is 2. The van der Waals surface area contributed by atoms with Crippen molar-refractivity contribution in [2.75, 3.05) is 33.2 Å². The van der Waals surface area contributed by atoms with E-state index >= 15 is 0 Å². The van der Waals surface area contributed by atoms with Crippen molar-refractivity contribution in [3.63, 3.8) is 0 Å². The summed E-state index contributed by atoms with van der Waals surface area (Å²) < 4.78 is 0. The van der Waals surface area contributed by atoms with Crippen molar-refractivity contribution in [1.29, 1.82) is 0 Å². The maximum atomic E-state index is 13.0. The molecular formula is C23H31N3O2. The van der Waals surface area contributed by atoms with Crippen LogP contribution in [0.1, 0.15) is 31.7 Å². The number of nitrogens with one attached hydrogen (secondary N) is 1. The van der Waals surface area contributed by atoms with Gasteiger partial charge >= 0.3 is 0 Å². The van der Waals surface area contributed by atoms with Gasteiger partial charge in [0.1, 0.15) is 0 Å². The summed E-state index contributed by atoms with van der Waals surface area (Å²) in [6, 6.07) is 14.9. The summed E-state index contributed by atoms with van der Waals surface area (Å²) in [6.07, 6.45) is 3.59. The van der Waals surface area contributed by atoms with E-state index in [1.54, 1.807) is 0 Å². The number of rotatable bonds is 8. The van der Waals surface area contributed by atoms with Crippen LogP contribution in [0.15, 0.2) is 42.5 Å². The summed E-state index contributed by atoms with van der Waals surface area (Å²) in [7, 11) is 2.04. The smallest absolute Gasteiger partial charge is 0.239 e. The number of likely N-dealkylation sites (N-methyl/N-ethyl adjacent to an activating group) is 1.